The van der Waals surface area contributed by atoms with Crippen molar-refractivity contribution in [3.63, 3.8) is 0 Å². The quantitative estimate of drug-likeness (QED) is 0.928. The van der Waals surface area contributed by atoms with Crippen molar-refractivity contribution in [3.05, 3.63) is 46.7 Å². The summed E-state index contributed by atoms with van der Waals surface area (Å²) in [6, 6.07) is 7.37. The van der Waals surface area contributed by atoms with Gasteiger partial charge in [-0.1, -0.05) is 23.7 Å². The highest BCUT2D eigenvalue weighted by molar-refractivity contribution is 6.32. The molecule has 0 saturated carbocycles. The molecule has 0 bridgehead atoms. The van der Waals surface area contributed by atoms with Crippen LogP contribution in [0.3, 0.4) is 0 Å². The highest BCUT2D eigenvalue weighted by Gasteiger charge is 2.21. The van der Waals surface area contributed by atoms with Crippen LogP contribution in [0.2, 0.25) is 5.02 Å². The molecule has 5 nitrogen and oxygen atoms in total. The number of amides is 1. The Hall–Kier alpha value is -1.56. The number of halogens is 2. The van der Waals surface area contributed by atoms with Gasteiger partial charge in [-0.05, 0) is 26.0 Å². The Morgan fingerprint density at radius 1 is 1.45 bits per heavy atom. The van der Waals surface area contributed by atoms with Crippen molar-refractivity contribution in [1.29, 1.82) is 0 Å². The summed E-state index contributed by atoms with van der Waals surface area (Å²) in [6.07, 6.45) is 1.57. The van der Waals surface area contributed by atoms with Crippen LogP contribution in [0.1, 0.15) is 23.0 Å². The lowest BCUT2D eigenvalue weighted by molar-refractivity contribution is 0.0747. The van der Waals surface area contributed by atoms with Gasteiger partial charge in [-0.15, -0.1) is 12.4 Å². The molecule has 1 heterocycles. The standard InChI is InChI=1S/C15H19ClN4O.ClH/c1-10(8-17)19(3)15(21)12-9-18-20(11(12)2)14-7-5-4-6-13(14)16;/h4-7,9-10H,8,17H2,1-3H3;1H. The molecule has 2 N–H and O–H groups in total. The molecule has 0 fully saturated rings. The Balaban J connectivity index is 0.00000242. The summed E-state index contributed by atoms with van der Waals surface area (Å²) in [5.41, 5.74) is 7.67. The van der Waals surface area contributed by atoms with Crippen LogP contribution in [-0.4, -0.2) is 40.2 Å². The predicted molar refractivity (Wildman–Crippen MR) is 91.2 cm³/mol. The zero-order chi connectivity index (χ0) is 15.6. The van der Waals surface area contributed by atoms with Gasteiger partial charge in [-0.3, -0.25) is 4.79 Å². The van der Waals surface area contributed by atoms with Gasteiger partial charge in [0, 0.05) is 19.6 Å². The van der Waals surface area contributed by atoms with E-state index in [-0.39, 0.29) is 24.4 Å². The Bertz CT molecular complexity index is 657. The van der Waals surface area contributed by atoms with Gasteiger partial charge in [0.1, 0.15) is 0 Å². The second-order valence-corrected chi connectivity index (χ2v) is 5.41. The number of para-hydroxylation sites is 1. The third kappa shape index (κ3) is 3.43. The molecule has 1 atom stereocenters. The van der Waals surface area contributed by atoms with Gasteiger partial charge in [0.05, 0.1) is 28.2 Å². The molecule has 0 aliphatic heterocycles. The van der Waals surface area contributed by atoms with Crippen molar-refractivity contribution in [1.82, 2.24) is 14.7 Å². The number of hydrogen-bond donors (Lipinski definition) is 1. The second kappa shape index (κ2) is 7.63. The van der Waals surface area contributed by atoms with Crippen LogP contribution < -0.4 is 5.73 Å². The number of hydrogen-bond acceptors (Lipinski definition) is 3. The Morgan fingerprint density at radius 2 is 2.09 bits per heavy atom. The molecule has 120 valence electrons. The molecule has 0 aliphatic carbocycles. The number of aromatic nitrogens is 2. The van der Waals surface area contributed by atoms with E-state index < -0.39 is 0 Å². The van der Waals surface area contributed by atoms with E-state index in [1.54, 1.807) is 28.9 Å². The molecular weight excluding hydrogens is 323 g/mol. The van der Waals surface area contributed by atoms with E-state index in [4.69, 9.17) is 17.3 Å². The second-order valence-electron chi connectivity index (χ2n) is 5.01. The van der Waals surface area contributed by atoms with Gasteiger partial charge >= 0.3 is 0 Å². The molecule has 2 aromatic rings. The largest absolute Gasteiger partial charge is 0.338 e. The number of rotatable bonds is 4. The van der Waals surface area contributed by atoms with Crippen LogP contribution in [0.25, 0.3) is 5.69 Å². The molecule has 0 radical (unpaired) electrons. The van der Waals surface area contributed by atoms with E-state index in [1.807, 2.05) is 32.0 Å². The lowest BCUT2D eigenvalue weighted by Crippen LogP contribution is -2.39. The van der Waals surface area contributed by atoms with E-state index in [9.17, 15) is 4.79 Å². The monoisotopic (exact) mass is 342 g/mol. The molecule has 0 spiro atoms. The number of carbonyl (C=O) groups is 1. The highest BCUT2D eigenvalue weighted by Crippen LogP contribution is 2.22. The highest BCUT2D eigenvalue weighted by atomic mass is 35.5. The molecule has 0 aliphatic rings. The van der Waals surface area contributed by atoms with Crippen LogP contribution in [0.4, 0.5) is 0 Å². The van der Waals surface area contributed by atoms with Crippen molar-refractivity contribution >= 4 is 29.9 Å². The predicted octanol–water partition coefficient (Wildman–Crippen LogP) is 2.68. The van der Waals surface area contributed by atoms with E-state index in [2.05, 4.69) is 5.10 Å². The normalized spacial score (nSPS) is 11.7. The van der Waals surface area contributed by atoms with Crippen LogP contribution in [0, 0.1) is 6.92 Å². The first-order chi connectivity index (χ1) is 9.97. The molecule has 1 aromatic heterocycles. The van der Waals surface area contributed by atoms with Crippen molar-refractivity contribution in [2.45, 2.75) is 19.9 Å². The minimum absolute atomic E-state index is 0. The lowest BCUT2D eigenvalue weighted by atomic mass is 10.2. The summed E-state index contributed by atoms with van der Waals surface area (Å²) in [7, 11) is 1.74. The van der Waals surface area contributed by atoms with Crippen LogP contribution >= 0.6 is 24.0 Å². The average molecular weight is 343 g/mol. The van der Waals surface area contributed by atoms with E-state index in [0.29, 0.717) is 17.1 Å². The number of likely N-dealkylation sites (N-methyl/N-ethyl adjacent to an activating group) is 1. The van der Waals surface area contributed by atoms with Gasteiger partial charge in [-0.2, -0.15) is 5.10 Å². The fraction of sp³-hybridized carbons (Fsp3) is 0.333. The summed E-state index contributed by atoms with van der Waals surface area (Å²) in [5.74, 6) is -0.0937. The molecular formula is C15H20Cl2N4O. The van der Waals surface area contributed by atoms with Gasteiger partial charge in [0.2, 0.25) is 0 Å². The summed E-state index contributed by atoms with van der Waals surface area (Å²) < 4.78 is 1.68. The maximum Gasteiger partial charge on any atom is 0.257 e. The minimum atomic E-state index is -0.0937. The Labute approximate surface area is 141 Å². The molecule has 1 unspecified atom stereocenters. The number of benzene rings is 1. The first kappa shape index (κ1) is 18.5. The van der Waals surface area contributed by atoms with Crippen molar-refractivity contribution in [2.75, 3.05) is 13.6 Å². The SMILES string of the molecule is Cc1c(C(=O)N(C)C(C)CN)cnn1-c1ccccc1Cl.Cl. The molecule has 1 amide bonds. The van der Waals surface area contributed by atoms with E-state index in [0.717, 1.165) is 11.4 Å². The summed E-state index contributed by atoms with van der Waals surface area (Å²) in [4.78, 5) is 14.1. The minimum Gasteiger partial charge on any atom is -0.338 e. The van der Waals surface area contributed by atoms with Crippen molar-refractivity contribution in [2.24, 2.45) is 5.73 Å². The molecule has 1 aromatic carbocycles. The zero-order valence-corrected chi connectivity index (χ0v) is 14.4. The average Bonchev–Trinajstić information content (AvgIpc) is 2.87. The maximum atomic E-state index is 12.5. The first-order valence-corrected chi connectivity index (χ1v) is 7.12. The van der Waals surface area contributed by atoms with E-state index in [1.165, 1.54) is 0 Å². The summed E-state index contributed by atoms with van der Waals surface area (Å²) in [6.45, 7) is 4.18. The van der Waals surface area contributed by atoms with Crippen molar-refractivity contribution in [3.8, 4) is 5.69 Å². The number of nitrogens with zero attached hydrogens (tertiary/aromatic N) is 3. The van der Waals surface area contributed by atoms with Crippen LogP contribution in [0.15, 0.2) is 30.5 Å². The first-order valence-electron chi connectivity index (χ1n) is 6.74. The van der Waals surface area contributed by atoms with Gasteiger partial charge in [0.25, 0.3) is 5.91 Å². The topological polar surface area (TPSA) is 64.2 Å². The zero-order valence-electron chi connectivity index (χ0n) is 12.8. The molecule has 22 heavy (non-hydrogen) atoms. The molecule has 7 heteroatoms. The fourth-order valence-corrected chi connectivity index (χ4v) is 2.25. The fourth-order valence-electron chi connectivity index (χ4n) is 2.03. The number of carbonyl (C=O) groups excluding carboxylic acids is 1. The smallest absolute Gasteiger partial charge is 0.257 e. The van der Waals surface area contributed by atoms with Crippen LogP contribution in [-0.2, 0) is 0 Å². The van der Waals surface area contributed by atoms with Gasteiger partial charge < -0.3 is 10.6 Å². The van der Waals surface area contributed by atoms with Crippen molar-refractivity contribution < 1.29 is 4.79 Å². The molecule has 0 saturated heterocycles. The Morgan fingerprint density at radius 3 is 2.68 bits per heavy atom. The summed E-state index contributed by atoms with van der Waals surface area (Å²) >= 11 is 6.18. The maximum absolute atomic E-state index is 12.5. The lowest BCUT2D eigenvalue weighted by Gasteiger charge is -2.23. The third-order valence-corrected chi connectivity index (χ3v) is 3.96. The van der Waals surface area contributed by atoms with Gasteiger partial charge in [0.15, 0.2) is 0 Å². The number of nitrogens with two attached hydrogens (primary N) is 1. The van der Waals surface area contributed by atoms with Crippen LogP contribution in [0.5, 0.6) is 0 Å². The van der Waals surface area contributed by atoms with Gasteiger partial charge in [-0.25, -0.2) is 4.68 Å². The third-order valence-electron chi connectivity index (χ3n) is 3.64. The van der Waals surface area contributed by atoms with E-state index >= 15 is 0 Å². The summed E-state index contributed by atoms with van der Waals surface area (Å²) in [5, 5.41) is 4.88. The Kier molecular flexibility index (Phi) is 6.41. The molecule has 2 rings (SSSR count).